The first kappa shape index (κ1) is 22.8. The number of hydrogen-bond donors (Lipinski definition) is 0. The molecule has 0 bridgehead atoms. The number of hydrogen-bond acceptors (Lipinski definition) is 0. The second-order valence-electron chi connectivity index (χ2n) is 9.95. The molecule has 0 radical (unpaired) electrons. The van der Waals surface area contributed by atoms with E-state index < -0.39 is 0 Å². The van der Waals surface area contributed by atoms with Gasteiger partial charge in [0.1, 0.15) is 0 Å². The van der Waals surface area contributed by atoms with Crippen molar-refractivity contribution in [2.75, 3.05) is 0 Å². The van der Waals surface area contributed by atoms with Crippen molar-refractivity contribution in [3.63, 3.8) is 0 Å². The van der Waals surface area contributed by atoms with Crippen molar-refractivity contribution in [2.24, 2.45) is 0 Å². The van der Waals surface area contributed by atoms with Crippen LogP contribution in [-0.2, 0) is 24.8 Å². The largest absolute Gasteiger partial charge is 0.216 e. The van der Waals surface area contributed by atoms with E-state index in [-0.39, 0.29) is 5.41 Å². The molecule has 0 fully saturated rings. The maximum atomic E-state index is 2.55. The molecule has 0 saturated carbocycles. The summed E-state index contributed by atoms with van der Waals surface area (Å²) in [5.41, 5.74) is 14.6. The molecule has 1 aliphatic heterocycles. The monoisotopic (exact) mass is 426 g/mol. The third kappa shape index (κ3) is 3.70. The van der Waals surface area contributed by atoms with Crippen LogP contribution >= 0.6 is 0 Å². The van der Waals surface area contributed by atoms with Crippen molar-refractivity contribution in [3.05, 3.63) is 76.0 Å². The Kier molecular flexibility index (Phi) is 6.30. The molecule has 2 aromatic carbocycles. The molecule has 168 valence electrons. The fourth-order valence-electron chi connectivity index (χ4n) is 6.03. The molecule has 1 aliphatic rings. The van der Waals surface area contributed by atoms with Crippen LogP contribution in [0.5, 0.6) is 0 Å². The average molecular weight is 427 g/mol. The molecule has 1 unspecified atom stereocenters. The van der Waals surface area contributed by atoms with Crippen molar-refractivity contribution in [1.29, 1.82) is 0 Å². The number of nitrogens with zero attached hydrogens (tertiary/aromatic N) is 1. The Hall–Kier alpha value is -2.41. The fourth-order valence-corrected chi connectivity index (χ4v) is 6.03. The summed E-state index contributed by atoms with van der Waals surface area (Å²) in [6, 6.07) is 14.4. The van der Waals surface area contributed by atoms with E-state index in [1.54, 1.807) is 5.56 Å². The van der Waals surface area contributed by atoms with E-state index >= 15 is 0 Å². The Balaban J connectivity index is 2.04. The standard InChI is InChI=1S/C31H40N/c1-8-13-31(11-4)20-32-14-12-21(5)23(7)30(32)28-19-26(15-22(6)29(28)31)27-17-24(9-2)16-25(10-3)18-27/h12,14-19H,8-11,13,20H2,1-7H3/q+1. The van der Waals surface area contributed by atoms with Crippen LogP contribution in [0.2, 0.25) is 0 Å². The van der Waals surface area contributed by atoms with Gasteiger partial charge in [0.25, 0.3) is 0 Å². The van der Waals surface area contributed by atoms with Gasteiger partial charge < -0.3 is 0 Å². The average Bonchev–Trinajstić information content (AvgIpc) is 2.80. The molecule has 1 atom stereocenters. The van der Waals surface area contributed by atoms with Gasteiger partial charge in [0, 0.05) is 11.6 Å². The van der Waals surface area contributed by atoms with E-state index in [0.717, 1.165) is 19.4 Å². The Morgan fingerprint density at radius 3 is 2.06 bits per heavy atom. The predicted octanol–water partition coefficient (Wildman–Crippen LogP) is 7.82. The van der Waals surface area contributed by atoms with Crippen LogP contribution in [0.15, 0.2) is 42.6 Å². The summed E-state index contributed by atoms with van der Waals surface area (Å²) >= 11 is 0. The third-order valence-corrected chi connectivity index (χ3v) is 7.94. The normalized spacial score (nSPS) is 17.2. The summed E-state index contributed by atoms with van der Waals surface area (Å²) in [5, 5.41) is 0. The lowest BCUT2D eigenvalue weighted by atomic mass is 9.67. The molecule has 0 saturated heterocycles. The van der Waals surface area contributed by atoms with Crippen LogP contribution in [0, 0.1) is 20.8 Å². The second kappa shape index (κ2) is 8.85. The predicted molar refractivity (Wildman–Crippen MR) is 137 cm³/mol. The smallest absolute Gasteiger partial charge is 0.197 e. The highest BCUT2D eigenvalue weighted by Gasteiger charge is 2.44. The van der Waals surface area contributed by atoms with Gasteiger partial charge in [-0.3, -0.25) is 0 Å². The number of benzene rings is 2. The molecular formula is C31H40N+. The highest BCUT2D eigenvalue weighted by Crippen LogP contribution is 2.46. The Bertz CT molecular complexity index is 1130. The quantitative estimate of drug-likeness (QED) is 0.354. The zero-order chi connectivity index (χ0) is 23.0. The van der Waals surface area contributed by atoms with E-state index in [4.69, 9.17) is 0 Å². The zero-order valence-electron chi connectivity index (χ0n) is 21.2. The van der Waals surface area contributed by atoms with Gasteiger partial charge in [-0.2, -0.15) is 4.57 Å². The van der Waals surface area contributed by atoms with Crippen LogP contribution < -0.4 is 4.57 Å². The zero-order valence-corrected chi connectivity index (χ0v) is 21.2. The van der Waals surface area contributed by atoms with Crippen LogP contribution in [0.4, 0.5) is 0 Å². The highest BCUT2D eigenvalue weighted by atomic mass is 15.0. The number of rotatable bonds is 6. The summed E-state index contributed by atoms with van der Waals surface area (Å²) in [7, 11) is 0. The van der Waals surface area contributed by atoms with Crippen LogP contribution in [-0.4, -0.2) is 0 Å². The topological polar surface area (TPSA) is 3.88 Å². The maximum Gasteiger partial charge on any atom is 0.216 e. The molecule has 4 rings (SSSR count). The molecule has 1 heteroatoms. The molecule has 0 amide bonds. The van der Waals surface area contributed by atoms with Crippen LogP contribution in [0.25, 0.3) is 22.4 Å². The highest BCUT2D eigenvalue weighted by molar-refractivity contribution is 5.78. The number of fused-ring (bicyclic) bond motifs is 3. The summed E-state index contributed by atoms with van der Waals surface area (Å²) in [6.07, 6.45) is 8.12. The summed E-state index contributed by atoms with van der Waals surface area (Å²) in [4.78, 5) is 0. The first-order valence-corrected chi connectivity index (χ1v) is 12.7. The molecule has 0 N–H and O–H groups in total. The van der Waals surface area contributed by atoms with E-state index in [9.17, 15) is 0 Å². The Morgan fingerprint density at radius 1 is 0.812 bits per heavy atom. The van der Waals surface area contributed by atoms with E-state index in [2.05, 4.69) is 95.6 Å². The van der Waals surface area contributed by atoms with Crippen molar-refractivity contribution in [2.45, 2.75) is 92.5 Å². The molecule has 3 aromatic rings. The van der Waals surface area contributed by atoms with Crippen molar-refractivity contribution < 1.29 is 4.57 Å². The lowest BCUT2D eigenvalue weighted by molar-refractivity contribution is -0.697. The molecular weight excluding hydrogens is 386 g/mol. The molecule has 0 aliphatic carbocycles. The fraction of sp³-hybridized carbons (Fsp3) is 0.452. The summed E-state index contributed by atoms with van der Waals surface area (Å²) < 4.78 is 2.55. The van der Waals surface area contributed by atoms with Crippen LogP contribution in [0.1, 0.15) is 80.3 Å². The van der Waals surface area contributed by atoms with Crippen molar-refractivity contribution >= 4 is 0 Å². The number of aryl methyl sites for hydroxylation is 4. The van der Waals surface area contributed by atoms with Crippen LogP contribution in [0.3, 0.4) is 0 Å². The Morgan fingerprint density at radius 2 is 1.47 bits per heavy atom. The molecule has 32 heavy (non-hydrogen) atoms. The van der Waals surface area contributed by atoms with Gasteiger partial charge in [-0.05, 0) is 91.5 Å². The van der Waals surface area contributed by atoms with Gasteiger partial charge >= 0.3 is 0 Å². The van der Waals surface area contributed by atoms with Crippen molar-refractivity contribution in [1.82, 2.24) is 0 Å². The summed E-state index contributed by atoms with van der Waals surface area (Å²) in [6.45, 7) is 17.2. The molecule has 1 aromatic heterocycles. The van der Waals surface area contributed by atoms with Gasteiger partial charge in [0.2, 0.25) is 5.69 Å². The van der Waals surface area contributed by atoms with E-state index in [1.807, 2.05) is 0 Å². The minimum Gasteiger partial charge on any atom is -0.197 e. The SMILES string of the molecule is CCCC1(CC)C[n+]2ccc(C)c(C)c2-c2cc(-c3cc(CC)cc(CC)c3)cc(C)c21. The number of aromatic nitrogens is 1. The molecule has 0 spiro atoms. The first-order valence-electron chi connectivity index (χ1n) is 12.7. The third-order valence-electron chi connectivity index (χ3n) is 7.94. The lowest BCUT2D eigenvalue weighted by Crippen LogP contribution is -2.51. The van der Waals surface area contributed by atoms with Gasteiger partial charge in [-0.15, -0.1) is 0 Å². The van der Waals surface area contributed by atoms with E-state index in [1.165, 1.54) is 69.5 Å². The van der Waals surface area contributed by atoms with Gasteiger partial charge in [0.05, 0.1) is 11.0 Å². The minimum atomic E-state index is 0.214. The second-order valence-corrected chi connectivity index (χ2v) is 9.95. The van der Waals surface area contributed by atoms with Gasteiger partial charge in [0.15, 0.2) is 12.7 Å². The van der Waals surface area contributed by atoms with Crippen molar-refractivity contribution in [3.8, 4) is 22.4 Å². The van der Waals surface area contributed by atoms with Gasteiger partial charge in [-0.25, -0.2) is 0 Å². The minimum absolute atomic E-state index is 0.214. The Labute approximate surface area is 195 Å². The molecule has 2 heterocycles. The van der Waals surface area contributed by atoms with E-state index in [0.29, 0.717) is 0 Å². The summed E-state index contributed by atoms with van der Waals surface area (Å²) in [5.74, 6) is 0. The lowest BCUT2D eigenvalue weighted by Gasteiger charge is -2.37. The number of pyridine rings is 1. The maximum absolute atomic E-state index is 2.55. The van der Waals surface area contributed by atoms with Gasteiger partial charge in [-0.1, -0.05) is 58.4 Å². The first-order chi connectivity index (χ1) is 15.4. The molecule has 1 nitrogen and oxygen atoms in total.